The molecule has 0 aliphatic heterocycles. The summed E-state index contributed by atoms with van der Waals surface area (Å²) in [5.74, 6) is -0.196. The third kappa shape index (κ3) is 4.27. The summed E-state index contributed by atoms with van der Waals surface area (Å²) in [7, 11) is 0. The van der Waals surface area contributed by atoms with Crippen LogP contribution < -0.4 is 4.74 Å². The van der Waals surface area contributed by atoms with Gasteiger partial charge >= 0.3 is 11.9 Å². The predicted octanol–water partition coefficient (Wildman–Crippen LogP) is 5.02. The van der Waals surface area contributed by atoms with E-state index in [1.807, 2.05) is 38.1 Å². The Morgan fingerprint density at radius 2 is 1.74 bits per heavy atom. The summed E-state index contributed by atoms with van der Waals surface area (Å²) < 4.78 is 10.8. The molecule has 1 atom stereocenters. The number of rotatable bonds is 5. The van der Waals surface area contributed by atoms with Crippen LogP contribution in [0.25, 0.3) is 11.1 Å². The molecule has 0 saturated heterocycles. The van der Waals surface area contributed by atoms with E-state index in [0.29, 0.717) is 11.3 Å². The van der Waals surface area contributed by atoms with Gasteiger partial charge in [-0.3, -0.25) is 4.79 Å². The standard InChI is InChI=1S/C23H24O4/c1-14(2)22(24)26-19-9-5-16(6-10-19)17-7-11-20-18(13-17)8-12-21(20)27-23(25)15(3)4/h5-7,9-11,13-14,21H,3,8,12H2,1-2,4H3. The molecule has 1 aliphatic carbocycles. The van der Waals surface area contributed by atoms with Crippen molar-refractivity contribution in [3.63, 3.8) is 0 Å². The quantitative estimate of drug-likeness (QED) is 0.425. The van der Waals surface area contributed by atoms with Crippen molar-refractivity contribution in [1.82, 2.24) is 0 Å². The summed E-state index contributed by atoms with van der Waals surface area (Å²) in [6, 6.07) is 13.7. The van der Waals surface area contributed by atoms with Gasteiger partial charge in [0.1, 0.15) is 11.9 Å². The molecular weight excluding hydrogens is 340 g/mol. The van der Waals surface area contributed by atoms with Crippen LogP contribution in [0.1, 0.15) is 44.4 Å². The Labute approximate surface area is 159 Å². The molecule has 0 spiro atoms. The highest BCUT2D eigenvalue weighted by molar-refractivity contribution is 5.87. The van der Waals surface area contributed by atoms with Crippen LogP contribution in [0.15, 0.2) is 54.6 Å². The van der Waals surface area contributed by atoms with Crippen LogP contribution in [0.2, 0.25) is 0 Å². The maximum absolute atomic E-state index is 11.8. The molecule has 0 saturated carbocycles. The second kappa shape index (κ2) is 7.78. The number of fused-ring (bicyclic) bond motifs is 1. The number of carbonyl (C=O) groups excluding carboxylic acids is 2. The van der Waals surface area contributed by atoms with E-state index in [0.717, 1.165) is 29.5 Å². The molecular formula is C23H24O4. The SMILES string of the molecule is C=C(C)C(=O)OC1CCc2cc(-c3ccc(OC(=O)C(C)C)cc3)ccc21. The summed E-state index contributed by atoms with van der Waals surface area (Å²) in [6.45, 7) is 8.91. The lowest BCUT2D eigenvalue weighted by Gasteiger charge is -2.14. The van der Waals surface area contributed by atoms with Crippen molar-refractivity contribution >= 4 is 11.9 Å². The molecule has 2 aromatic carbocycles. The van der Waals surface area contributed by atoms with Crippen molar-refractivity contribution in [2.75, 3.05) is 0 Å². The Bertz CT molecular complexity index is 878. The maximum atomic E-state index is 11.8. The molecule has 27 heavy (non-hydrogen) atoms. The van der Waals surface area contributed by atoms with Gasteiger partial charge in [-0.2, -0.15) is 0 Å². The molecule has 0 aromatic heterocycles. The molecule has 0 bridgehead atoms. The fourth-order valence-electron chi connectivity index (χ4n) is 3.06. The first-order valence-corrected chi connectivity index (χ1v) is 9.16. The topological polar surface area (TPSA) is 52.6 Å². The number of hydrogen-bond donors (Lipinski definition) is 0. The summed E-state index contributed by atoms with van der Waals surface area (Å²) in [4.78, 5) is 23.5. The van der Waals surface area contributed by atoms with Crippen LogP contribution in [0.4, 0.5) is 0 Å². The average molecular weight is 364 g/mol. The molecule has 0 heterocycles. The second-order valence-electron chi connectivity index (χ2n) is 7.23. The number of carbonyl (C=O) groups is 2. The number of hydrogen-bond acceptors (Lipinski definition) is 4. The minimum atomic E-state index is -0.344. The fourth-order valence-corrected chi connectivity index (χ4v) is 3.06. The Hall–Kier alpha value is -2.88. The van der Waals surface area contributed by atoms with E-state index in [1.54, 1.807) is 19.1 Å². The lowest BCUT2D eigenvalue weighted by molar-refractivity contribution is -0.144. The van der Waals surface area contributed by atoms with Crippen molar-refractivity contribution in [2.45, 2.75) is 39.7 Å². The Morgan fingerprint density at radius 1 is 1.07 bits per heavy atom. The van der Waals surface area contributed by atoms with Crippen LogP contribution >= 0.6 is 0 Å². The molecule has 4 heteroatoms. The van der Waals surface area contributed by atoms with Gasteiger partial charge < -0.3 is 9.47 Å². The zero-order valence-corrected chi connectivity index (χ0v) is 16.0. The van der Waals surface area contributed by atoms with Crippen LogP contribution in [0.3, 0.4) is 0 Å². The zero-order chi connectivity index (χ0) is 19.6. The number of benzene rings is 2. The molecule has 2 aromatic rings. The van der Waals surface area contributed by atoms with Crippen molar-refractivity contribution in [2.24, 2.45) is 5.92 Å². The molecule has 0 N–H and O–H groups in total. The molecule has 1 aliphatic rings. The first-order chi connectivity index (χ1) is 12.8. The van der Waals surface area contributed by atoms with Crippen LogP contribution in [0, 0.1) is 5.92 Å². The van der Waals surface area contributed by atoms with E-state index in [4.69, 9.17) is 9.47 Å². The first-order valence-electron chi connectivity index (χ1n) is 9.16. The smallest absolute Gasteiger partial charge is 0.333 e. The minimum Gasteiger partial charge on any atom is -0.454 e. The molecule has 1 unspecified atom stereocenters. The van der Waals surface area contributed by atoms with Gasteiger partial charge in [-0.05, 0) is 54.2 Å². The summed E-state index contributed by atoms with van der Waals surface area (Å²) in [5.41, 5.74) is 4.81. The molecule has 0 fully saturated rings. The molecule has 0 amide bonds. The van der Waals surface area contributed by atoms with E-state index in [9.17, 15) is 9.59 Å². The lowest BCUT2D eigenvalue weighted by atomic mass is 10.00. The maximum Gasteiger partial charge on any atom is 0.333 e. The van der Waals surface area contributed by atoms with E-state index < -0.39 is 0 Å². The average Bonchev–Trinajstić information content (AvgIpc) is 3.04. The third-order valence-corrected chi connectivity index (χ3v) is 4.64. The van der Waals surface area contributed by atoms with Gasteiger partial charge in [0.2, 0.25) is 0 Å². The first kappa shape index (κ1) is 18.9. The molecule has 140 valence electrons. The highest BCUT2D eigenvalue weighted by Crippen LogP contribution is 2.37. The van der Waals surface area contributed by atoms with Crippen LogP contribution in [-0.4, -0.2) is 11.9 Å². The number of esters is 2. The zero-order valence-electron chi connectivity index (χ0n) is 16.0. The normalized spacial score (nSPS) is 15.3. The van der Waals surface area contributed by atoms with E-state index in [-0.39, 0.29) is 24.0 Å². The Morgan fingerprint density at radius 3 is 2.37 bits per heavy atom. The van der Waals surface area contributed by atoms with Gasteiger partial charge in [-0.15, -0.1) is 0 Å². The van der Waals surface area contributed by atoms with E-state index in [2.05, 4.69) is 12.6 Å². The fraction of sp³-hybridized carbons (Fsp3) is 0.304. The van der Waals surface area contributed by atoms with Gasteiger partial charge in [-0.25, -0.2) is 4.79 Å². The summed E-state index contributed by atoms with van der Waals surface area (Å²) in [6.07, 6.45) is 1.47. The number of aryl methyl sites for hydroxylation is 1. The van der Waals surface area contributed by atoms with Crippen LogP contribution in [0.5, 0.6) is 5.75 Å². The number of ether oxygens (including phenoxy) is 2. The third-order valence-electron chi connectivity index (χ3n) is 4.64. The highest BCUT2D eigenvalue weighted by atomic mass is 16.5. The Kier molecular flexibility index (Phi) is 5.45. The molecule has 3 rings (SSSR count). The van der Waals surface area contributed by atoms with Crippen LogP contribution in [-0.2, 0) is 20.7 Å². The van der Waals surface area contributed by atoms with Gasteiger partial charge in [0.15, 0.2) is 0 Å². The molecule has 0 radical (unpaired) electrons. The van der Waals surface area contributed by atoms with Crippen molar-refractivity contribution < 1.29 is 19.1 Å². The van der Waals surface area contributed by atoms with Crippen molar-refractivity contribution in [3.8, 4) is 16.9 Å². The van der Waals surface area contributed by atoms with Crippen molar-refractivity contribution in [3.05, 3.63) is 65.7 Å². The van der Waals surface area contributed by atoms with Gasteiger partial charge in [-0.1, -0.05) is 50.8 Å². The Balaban J connectivity index is 1.75. The largest absolute Gasteiger partial charge is 0.454 e. The van der Waals surface area contributed by atoms with E-state index >= 15 is 0 Å². The van der Waals surface area contributed by atoms with Gasteiger partial charge in [0.25, 0.3) is 0 Å². The second-order valence-corrected chi connectivity index (χ2v) is 7.23. The van der Waals surface area contributed by atoms with Gasteiger partial charge in [0, 0.05) is 5.57 Å². The van der Waals surface area contributed by atoms with E-state index in [1.165, 1.54) is 5.56 Å². The minimum absolute atomic E-state index is 0.159. The predicted molar refractivity (Wildman–Crippen MR) is 104 cm³/mol. The summed E-state index contributed by atoms with van der Waals surface area (Å²) >= 11 is 0. The highest BCUT2D eigenvalue weighted by Gasteiger charge is 2.26. The van der Waals surface area contributed by atoms with Gasteiger partial charge in [0.05, 0.1) is 5.92 Å². The summed E-state index contributed by atoms with van der Waals surface area (Å²) in [5, 5.41) is 0. The van der Waals surface area contributed by atoms with Crippen molar-refractivity contribution in [1.29, 1.82) is 0 Å². The lowest BCUT2D eigenvalue weighted by Crippen LogP contribution is -2.14. The molecule has 4 nitrogen and oxygen atoms in total. The monoisotopic (exact) mass is 364 g/mol.